The molecule has 0 amide bonds. The van der Waals surface area contributed by atoms with Gasteiger partial charge in [0.05, 0.1) is 5.69 Å². The van der Waals surface area contributed by atoms with Gasteiger partial charge in [0, 0.05) is 32.1 Å². The Bertz CT molecular complexity index is 2440. The molecule has 0 saturated heterocycles. The topological polar surface area (TPSA) is 3.24 Å². The quantitative estimate of drug-likeness (QED) is 0.173. The fourth-order valence-corrected chi connectivity index (χ4v) is 13.9. The fraction of sp³-hybridized carbons (Fsp3) is 0.333. The van der Waals surface area contributed by atoms with Crippen molar-refractivity contribution in [1.29, 1.82) is 0 Å². The van der Waals surface area contributed by atoms with Crippen LogP contribution in [0.3, 0.4) is 0 Å². The van der Waals surface area contributed by atoms with Gasteiger partial charge in [0.1, 0.15) is 0 Å². The summed E-state index contributed by atoms with van der Waals surface area (Å²) >= 11 is 2.02. The molecule has 0 aromatic heterocycles. The minimum Gasteiger partial charge on any atom is -0.310 e. The van der Waals surface area contributed by atoms with Crippen molar-refractivity contribution >= 4 is 28.8 Å². The maximum absolute atomic E-state index is 2.67. The highest BCUT2D eigenvalue weighted by molar-refractivity contribution is 7.99. The molecule has 56 heavy (non-hydrogen) atoms. The summed E-state index contributed by atoms with van der Waals surface area (Å²) in [7, 11) is 0. The second-order valence-corrected chi connectivity index (χ2v) is 20.3. The van der Waals surface area contributed by atoms with Crippen LogP contribution in [0.1, 0.15) is 94.9 Å². The Morgan fingerprint density at radius 3 is 1.75 bits per heavy atom. The average molecular weight is 748 g/mol. The van der Waals surface area contributed by atoms with Crippen molar-refractivity contribution in [3.05, 3.63) is 162 Å². The minimum absolute atomic E-state index is 0.0312. The molecule has 6 aromatic carbocycles. The number of benzene rings is 6. The van der Waals surface area contributed by atoms with E-state index in [1.165, 1.54) is 105 Å². The van der Waals surface area contributed by atoms with Gasteiger partial charge in [-0.05, 0) is 161 Å². The van der Waals surface area contributed by atoms with Crippen LogP contribution in [-0.4, -0.2) is 0 Å². The lowest BCUT2D eigenvalue weighted by atomic mass is 9.42. The SMILES string of the molecule is CC1(C)CCC(C)(C)c2cc(N(c3ccc(-c4ccccc4-c4ccccc4)cc3)c3cccc4c3C3(c5ccccc5S4)C4CC5CC(C4)CC3C5)ccc21. The molecule has 0 atom stereocenters. The van der Waals surface area contributed by atoms with Crippen LogP contribution in [0.4, 0.5) is 17.1 Å². The summed E-state index contributed by atoms with van der Waals surface area (Å²) in [5, 5.41) is 0. The average Bonchev–Trinajstić information content (AvgIpc) is 3.22. The van der Waals surface area contributed by atoms with Crippen molar-refractivity contribution in [2.75, 3.05) is 4.90 Å². The molecular formula is C54H53NS. The Morgan fingerprint density at radius 2 is 1.05 bits per heavy atom. The summed E-state index contributed by atoms with van der Waals surface area (Å²) in [6.45, 7) is 9.83. The van der Waals surface area contributed by atoms with Crippen LogP contribution in [-0.2, 0) is 16.2 Å². The van der Waals surface area contributed by atoms with E-state index in [0.29, 0.717) is 11.8 Å². The third-order valence-electron chi connectivity index (χ3n) is 15.2. The Kier molecular flexibility index (Phi) is 7.89. The lowest BCUT2D eigenvalue weighted by Gasteiger charge is -2.63. The number of rotatable bonds is 5. The number of hydrogen-bond donors (Lipinski definition) is 0. The second-order valence-electron chi connectivity index (χ2n) is 19.2. The predicted octanol–water partition coefficient (Wildman–Crippen LogP) is 15.0. The molecule has 1 aliphatic heterocycles. The number of fused-ring (bicyclic) bond motifs is 3. The zero-order valence-corrected chi connectivity index (χ0v) is 34.2. The van der Waals surface area contributed by atoms with Crippen molar-refractivity contribution in [2.24, 2.45) is 23.7 Å². The van der Waals surface area contributed by atoms with Gasteiger partial charge in [-0.2, -0.15) is 0 Å². The summed E-state index contributed by atoms with van der Waals surface area (Å²) in [5.41, 5.74) is 15.5. The molecule has 4 bridgehead atoms. The Balaban J connectivity index is 1.13. The monoisotopic (exact) mass is 747 g/mol. The van der Waals surface area contributed by atoms with E-state index in [9.17, 15) is 0 Å². The van der Waals surface area contributed by atoms with Crippen LogP contribution >= 0.6 is 11.8 Å². The smallest absolute Gasteiger partial charge is 0.0514 e. The highest BCUT2D eigenvalue weighted by atomic mass is 32.2. The van der Waals surface area contributed by atoms with Gasteiger partial charge in [-0.1, -0.05) is 137 Å². The maximum atomic E-state index is 2.67. The molecule has 1 nitrogen and oxygen atoms in total. The van der Waals surface area contributed by atoms with E-state index >= 15 is 0 Å². The Labute approximate surface area is 338 Å². The van der Waals surface area contributed by atoms with Crippen molar-refractivity contribution < 1.29 is 0 Å². The lowest BCUT2D eigenvalue weighted by molar-refractivity contribution is -0.0441. The molecule has 1 spiro atoms. The van der Waals surface area contributed by atoms with Gasteiger partial charge < -0.3 is 4.90 Å². The van der Waals surface area contributed by atoms with Gasteiger partial charge in [-0.15, -0.1) is 0 Å². The first-order valence-corrected chi connectivity index (χ1v) is 22.1. The summed E-state index contributed by atoms with van der Waals surface area (Å²) < 4.78 is 0. The fourth-order valence-electron chi connectivity index (χ4n) is 12.7. The van der Waals surface area contributed by atoms with Crippen LogP contribution in [0.15, 0.2) is 149 Å². The Hall–Kier alpha value is -4.53. The third-order valence-corrected chi connectivity index (χ3v) is 16.3. The molecule has 6 aliphatic rings. The lowest BCUT2D eigenvalue weighted by Crippen LogP contribution is -2.57. The summed E-state index contributed by atoms with van der Waals surface area (Å²) in [6, 6.07) is 53.6. The molecule has 0 unspecified atom stereocenters. The molecule has 0 N–H and O–H groups in total. The highest BCUT2D eigenvalue weighted by Gasteiger charge is 2.61. The molecule has 280 valence electrons. The van der Waals surface area contributed by atoms with Crippen molar-refractivity contribution in [1.82, 2.24) is 0 Å². The Morgan fingerprint density at radius 1 is 0.482 bits per heavy atom. The van der Waals surface area contributed by atoms with Gasteiger partial charge in [0.25, 0.3) is 0 Å². The van der Waals surface area contributed by atoms with Gasteiger partial charge in [-0.3, -0.25) is 0 Å². The van der Waals surface area contributed by atoms with Crippen molar-refractivity contribution in [2.45, 2.75) is 98.7 Å². The summed E-state index contributed by atoms with van der Waals surface area (Å²) in [5.74, 6) is 3.16. The number of anilines is 3. The molecule has 4 saturated carbocycles. The van der Waals surface area contributed by atoms with Crippen LogP contribution < -0.4 is 4.90 Å². The second kappa shape index (κ2) is 12.7. The molecule has 5 aliphatic carbocycles. The normalized spacial score (nSPS) is 26.0. The molecular weight excluding hydrogens is 695 g/mol. The molecule has 6 aromatic rings. The van der Waals surface area contributed by atoms with Crippen LogP contribution in [0.5, 0.6) is 0 Å². The van der Waals surface area contributed by atoms with E-state index in [1.54, 1.807) is 11.1 Å². The molecule has 12 rings (SSSR count). The van der Waals surface area contributed by atoms with Crippen molar-refractivity contribution in [3.8, 4) is 22.3 Å². The highest BCUT2D eigenvalue weighted by Crippen LogP contribution is 2.70. The first kappa shape index (κ1) is 34.7. The van der Waals surface area contributed by atoms with E-state index in [1.807, 2.05) is 11.8 Å². The van der Waals surface area contributed by atoms with E-state index in [2.05, 4.69) is 172 Å². The van der Waals surface area contributed by atoms with Crippen molar-refractivity contribution in [3.63, 3.8) is 0 Å². The van der Waals surface area contributed by atoms with Gasteiger partial charge in [0.2, 0.25) is 0 Å². The molecule has 0 radical (unpaired) electrons. The zero-order chi connectivity index (χ0) is 37.8. The van der Waals surface area contributed by atoms with E-state index < -0.39 is 0 Å². The van der Waals surface area contributed by atoms with E-state index in [4.69, 9.17) is 0 Å². The predicted molar refractivity (Wildman–Crippen MR) is 236 cm³/mol. The van der Waals surface area contributed by atoms with E-state index in [0.717, 1.165) is 11.8 Å². The summed E-state index contributed by atoms with van der Waals surface area (Å²) in [6.07, 6.45) is 9.37. The number of nitrogens with zero attached hydrogens (tertiary/aromatic N) is 1. The van der Waals surface area contributed by atoms with E-state index in [-0.39, 0.29) is 16.2 Å². The largest absolute Gasteiger partial charge is 0.310 e. The molecule has 1 heterocycles. The minimum atomic E-state index is 0.0312. The first-order valence-electron chi connectivity index (χ1n) is 21.3. The molecule has 2 heteroatoms. The van der Waals surface area contributed by atoms with Crippen LogP contribution in [0.25, 0.3) is 22.3 Å². The zero-order valence-electron chi connectivity index (χ0n) is 33.4. The van der Waals surface area contributed by atoms with Crippen LogP contribution in [0.2, 0.25) is 0 Å². The first-order chi connectivity index (χ1) is 27.2. The molecule has 4 fully saturated rings. The van der Waals surface area contributed by atoms with Gasteiger partial charge >= 0.3 is 0 Å². The van der Waals surface area contributed by atoms with Gasteiger partial charge in [-0.25, -0.2) is 0 Å². The third kappa shape index (κ3) is 5.20. The summed E-state index contributed by atoms with van der Waals surface area (Å²) in [4.78, 5) is 5.62. The number of hydrogen-bond acceptors (Lipinski definition) is 2. The van der Waals surface area contributed by atoms with Gasteiger partial charge in [0.15, 0.2) is 0 Å². The van der Waals surface area contributed by atoms with Crippen LogP contribution in [0, 0.1) is 23.7 Å². The standard InChI is InChI=1S/C54H53NS/c1-52(2)27-28-53(3,4)47-34-42(25-26-45(47)52)55(41-23-21-38(22-24-41)44-16-9-8-15-43(44)37-13-6-5-7-14-37)48-18-12-20-50-51(48)54(46-17-10-11-19-49(46)56-50)39-30-35-29-36(32-39)33-40(54)31-35/h5-26,34-36,39-40H,27-33H2,1-4H3. The maximum Gasteiger partial charge on any atom is 0.0514 e.